The van der Waals surface area contributed by atoms with Crippen LogP contribution in [0.1, 0.15) is 40.0 Å². The van der Waals surface area contributed by atoms with E-state index in [1.165, 1.54) is 22.1 Å². The molecule has 1 aromatic carbocycles. The van der Waals surface area contributed by atoms with Gasteiger partial charge in [0, 0.05) is 55.5 Å². The number of hydrogen-bond donors (Lipinski definition) is 1. The number of rotatable bonds is 2. The lowest BCUT2D eigenvalue weighted by molar-refractivity contribution is -0.137. The van der Waals surface area contributed by atoms with Crippen LogP contribution in [-0.4, -0.2) is 39.8 Å². The summed E-state index contributed by atoms with van der Waals surface area (Å²) in [7, 11) is 0. The Bertz CT molecular complexity index is 992. The van der Waals surface area contributed by atoms with E-state index < -0.39 is 17.6 Å². The number of nitrogens with two attached hydrogens (primary N) is 1. The summed E-state index contributed by atoms with van der Waals surface area (Å²) in [6.07, 6.45) is -1.81. The zero-order chi connectivity index (χ0) is 20.8. The second kappa shape index (κ2) is 7.02. The van der Waals surface area contributed by atoms with Gasteiger partial charge in [0.15, 0.2) is 0 Å². The van der Waals surface area contributed by atoms with Crippen molar-refractivity contribution in [1.29, 1.82) is 0 Å². The SMILES string of the molecule is Nc1ncc2c(n1)CCN(C(=O)c1cc(N3CCCC3=O)cc(C(F)(F)F)c1)C2. The molecule has 3 heterocycles. The van der Waals surface area contributed by atoms with Crippen molar-refractivity contribution in [2.24, 2.45) is 0 Å². The van der Waals surface area contributed by atoms with E-state index >= 15 is 0 Å². The average Bonchev–Trinajstić information content (AvgIpc) is 3.12. The highest BCUT2D eigenvalue weighted by Gasteiger charge is 2.34. The van der Waals surface area contributed by atoms with Crippen molar-refractivity contribution in [1.82, 2.24) is 14.9 Å². The Morgan fingerprint density at radius 2 is 1.93 bits per heavy atom. The molecule has 4 rings (SSSR count). The fraction of sp³-hybridized carbons (Fsp3) is 0.368. The van der Waals surface area contributed by atoms with Crippen LogP contribution in [0.5, 0.6) is 0 Å². The monoisotopic (exact) mass is 405 g/mol. The van der Waals surface area contributed by atoms with E-state index in [1.807, 2.05) is 0 Å². The van der Waals surface area contributed by atoms with Crippen molar-refractivity contribution < 1.29 is 22.8 Å². The van der Waals surface area contributed by atoms with Gasteiger partial charge in [0.2, 0.25) is 11.9 Å². The van der Waals surface area contributed by atoms with E-state index in [4.69, 9.17) is 5.73 Å². The topological polar surface area (TPSA) is 92.4 Å². The van der Waals surface area contributed by atoms with E-state index in [9.17, 15) is 22.8 Å². The van der Waals surface area contributed by atoms with Crippen LogP contribution in [0, 0.1) is 0 Å². The standard InChI is InChI=1S/C19H18F3N5O2/c20-19(21,22)13-6-11(7-14(8-13)27-4-1-2-16(27)28)17(29)26-5-3-15-12(10-26)9-24-18(23)25-15/h6-9H,1-5,10H2,(H2,23,24,25). The van der Waals surface area contributed by atoms with Gasteiger partial charge < -0.3 is 15.5 Å². The van der Waals surface area contributed by atoms with Gasteiger partial charge in [-0.2, -0.15) is 13.2 Å². The summed E-state index contributed by atoms with van der Waals surface area (Å²) in [5, 5.41) is 0. The highest BCUT2D eigenvalue weighted by Crippen LogP contribution is 2.34. The number of carbonyl (C=O) groups excluding carboxylic acids is 2. The Labute approximate surface area is 164 Å². The first-order valence-corrected chi connectivity index (χ1v) is 9.14. The smallest absolute Gasteiger partial charge is 0.368 e. The Morgan fingerprint density at radius 3 is 2.62 bits per heavy atom. The summed E-state index contributed by atoms with van der Waals surface area (Å²) in [5.41, 5.74) is 6.05. The summed E-state index contributed by atoms with van der Waals surface area (Å²) < 4.78 is 40.2. The maximum absolute atomic E-state index is 13.4. The molecule has 2 N–H and O–H groups in total. The molecular formula is C19H18F3N5O2. The van der Waals surface area contributed by atoms with Crippen LogP contribution in [0.4, 0.5) is 24.8 Å². The number of amides is 2. The van der Waals surface area contributed by atoms with Crippen LogP contribution in [0.2, 0.25) is 0 Å². The quantitative estimate of drug-likeness (QED) is 0.828. The highest BCUT2D eigenvalue weighted by molar-refractivity contribution is 5.99. The first-order chi connectivity index (χ1) is 13.7. The zero-order valence-electron chi connectivity index (χ0n) is 15.4. The normalized spacial score (nSPS) is 16.9. The predicted octanol–water partition coefficient (Wildman–Crippen LogP) is 2.40. The fourth-order valence-electron chi connectivity index (χ4n) is 3.66. The second-order valence-electron chi connectivity index (χ2n) is 7.09. The molecule has 0 aliphatic carbocycles. The number of halogens is 3. The fourth-order valence-corrected chi connectivity index (χ4v) is 3.66. The largest absolute Gasteiger partial charge is 0.416 e. The molecular weight excluding hydrogens is 387 g/mol. The van der Waals surface area contributed by atoms with E-state index in [2.05, 4.69) is 9.97 Å². The summed E-state index contributed by atoms with van der Waals surface area (Å²) in [6.45, 7) is 0.822. The number of nitrogen functional groups attached to an aromatic ring is 1. The van der Waals surface area contributed by atoms with Gasteiger partial charge in [0.05, 0.1) is 11.3 Å². The summed E-state index contributed by atoms with van der Waals surface area (Å²) in [6, 6.07) is 3.11. The number of carbonyl (C=O) groups is 2. The van der Waals surface area contributed by atoms with E-state index in [0.717, 1.165) is 17.8 Å². The van der Waals surface area contributed by atoms with Gasteiger partial charge in [-0.3, -0.25) is 9.59 Å². The first kappa shape index (κ1) is 19.2. The Balaban J connectivity index is 1.67. The van der Waals surface area contributed by atoms with Crippen LogP contribution in [0.15, 0.2) is 24.4 Å². The third-order valence-corrected chi connectivity index (χ3v) is 5.12. The Kier molecular flexibility index (Phi) is 4.64. The van der Waals surface area contributed by atoms with Gasteiger partial charge in [-0.1, -0.05) is 0 Å². The minimum Gasteiger partial charge on any atom is -0.368 e. The molecule has 0 atom stereocenters. The Hall–Kier alpha value is -3.17. The molecule has 2 aliphatic rings. The van der Waals surface area contributed by atoms with Gasteiger partial charge in [0.1, 0.15) is 0 Å². The zero-order valence-corrected chi connectivity index (χ0v) is 15.4. The lowest BCUT2D eigenvalue weighted by atomic mass is 10.0. The summed E-state index contributed by atoms with van der Waals surface area (Å²) >= 11 is 0. The van der Waals surface area contributed by atoms with Crippen molar-refractivity contribution in [2.75, 3.05) is 23.7 Å². The molecule has 0 unspecified atom stereocenters. The molecule has 2 amide bonds. The average molecular weight is 405 g/mol. The maximum atomic E-state index is 13.4. The number of alkyl halides is 3. The number of aromatic nitrogens is 2. The predicted molar refractivity (Wildman–Crippen MR) is 97.9 cm³/mol. The van der Waals surface area contributed by atoms with Gasteiger partial charge in [-0.15, -0.1) is 0 Å². The van der Waals surface area contributed by atoms with Crippen LogP contribution in [-0.2, 0) is 23.9 Å². The molecule has 2 aliphatic heterocycles. The van der Waals surface area contributed by atoms with Gasteiger partial charge in [-0.05, 0) is 24.6 Å². The minimum atomic E-state index is -4.63. The van der Waals surface area contributed by atoms with Crippen LogP contribution in [0.25, 0.3) is 0 Å². The highest BCUT2D eigenvalue weighted by atomic mass is 19.4. The Morgan fingerprint density at radius 1 is 1.14 bits per heavy atom. The maximum Gasteiger partial charge on any atom is 0.416 e. The molecule has 152 valence electrons. The van der Waals surface area contributed by atoms with Crippen molar-refractivity contribution in [3.05, 3.63) is 46.8 Å². The number of fused-ring (bicyclic) bond motifs is 1. The van der Waals surface area contributed by atoms with Gasteiger partial charge >= 0.3 is 6.18 Å². The molecule has 29 heavy (non-hydrogen) atoms. The van der Waals surface area contributed by atoms with Crippen LogP contribution in [0.3, 0.4) is 0 Å². The number of benzene rings is 1. The molecule has 10 heteroatoms. The molecule has 1 saturated heterocycles. The van der Waals surface area contributed by atoms with Gasteiger partial charge in [0.25, 0.3) is 5.91 Å². The number of hydrogen-bond acceptors (Lipinski definition) is 5. The van der Waals surface area contributed by atoms with Crippen LogP contribution >= 0.6 is 0 Å². The molecule has 7 nitrogen and oxygen atoms in total. The molecule has 0 radical (unpaired) electrons. The van der Waals surface area contributed by atoms with Crippen LogP contribution < -0.4 is 10.6 Å². The number of nitrogens with zero attached hydrogens (tertiary/aromatic N) is 4. The van der Waals surface area contributed by atoms with E-state index in [-0.39, 0.29) is 36.1 Å². The minimum absolute atomic E-state index is 0.0965. The summed E-state index contributed by atoms with van der Waals surface area (Å²) in [4.78, 5) is 35.8. The summed E-state index contributed by atoms with van der Waals surface area (Å²) in [5.74, 6) is -0.642. The van der Waals surface area contributed by atoms with Gasteiger partial charge in [-0.25, -0.2) is 9.97 Å². The molecule has 0 bridgehead atoms. The van der Waals surface area contributed by atoms with Crippen molar-refractivity contribution in [3.63, 3.8) is 0 Å². The molecule has 0 spiro atoms. The lowest BCUT2D eigenvalue weighted by Crippen LogP contribution is -2.37. The van der Waals surface area contributed by atoms with Crippen molar-refractivity contribution in [2.45, 2.75) is 32.0 Å². The van der Waals surface area contributed by atoms with Crippen molar-refractivity contribution >= 4 is 23.5 Å². The third-order valence-electron chi connectivity index (χ3n) is 5.12. The second-order valence-corrected chi connectivity index (χ2v) is 7.09. The lowest BCUT2D eigenvalue weighted by Gasteiger charge is -2.29. The first-order valence-electron chi connectivity index (χ1n) is 9.14. The molecule has 2 aromatic rings. The van der Waals surface area contributed by atoms with Crippen molar-refractivity contribution in [3.8, 4) is 0 Å². The molecule has 0 saturated carbocycles. The third kappa shape index (κ3) is 3.74. The van der Waals surface area contributed by atoms with E-state index in [1.54, 1.807) is 0 Å². The van der Waals surface area contributed by atoms with E-state index in [0.29, 0.717) is 31.5 Å². The molecule has 1 fully saturated rings. The number of anilines is 2. The molecule has 1 aromatic heterocycles.